The van der Waals surface area contributed by atoms with Crippen molar-refractivity contribution in [1.82, 2.24) is 4.68 Å². The maximum atomic E-state index is 13.1. The number of hydrogen-bond donors (Lipinski definition) is 0. The van der Waals surface area contributed by atoms with E-state index in [-0.39, 0.29) is 11.6 Å². The van der Waals surface area contributed by atoms with Crippen LogP contribution in [0, 0.1) is 11.6 Å². The second-order valence-corrected chi connectivity index (χ2v) is 5.58. The fraction of sp³-hybridized carbons (Fsp3) is 0.0588. The smallest absolute Gasteiger partial charge is 0.205 e. The number of aromatic nitrogens is 1. The summed E-state index contributed by atoms with van der Waals surface area (Å²) < 4.78 is 27.7. The molecule has 23 heavy (non-hydrogen) atoms. The Kier molecular flexibility index (Phi) is 4.43. The van der Waals surface area contributed by atoms with Crippen LogP contribution in [0.4, 0.5) is 8.78 Å². The van der Waals surface area contributed by atoms with Crippen molar-refractivity contribution in [2.24, 2.45) is 10.1 Å². The fourth-order valence-corrected chi connectivity index (χ4v) is 2.86. The molecule has 0 fully saturated rings. The molecule has 1 heterocycles. The van der Waals surface area contributed by atoms with Gasteiger partial charge in [-0.3, -0.25) is 4.99 Å². The molecule has 3 rings (SSSR count). The third-order valence-electron chi connectivity index (χ3n) is 3.21. The topological polar surface area (TPSA) is 29.6 Å². The van der Waals surface area contributed by atoms with E-state index in [0.717, 1.165) is 16.8 Å². The molecule has 1 aromatic heterocycles. The van der Waals surface area contributed by atoms with Crippen LogP contribution in [-0.4, -0.2) is 17.9 Å². The molecule has 0 saturated heterocycles. The van der Waals surface area contributed by atoms with Gasteiger partial charge in [-0.15, -0.1) is 11.3 Å². The Bertz CT molecular complexity index is 891. The van der Waals surface area contributed by atoms with Crippen LogP contribution >= 0.6 is 11.3 Å². The van der Waals surface area contributed by atoms with Crippen LogP contribution in [0.1, 0.15) is 5.56 Å². The van der Waals surface area contributed by atoms with Gasteiger partial charge in [0.2, 0.25) is 4.80 Å². The molecule has 116 valence electrons. The van der Waals surface area contributed by atoms with Gasteiger partial charge in [-0.1, -0.05) is 12.1 Å². The Hall–Kier alpha value is -2.60. The Labute approximate surface area is 135 Å². The summed E-state index contributed by atoms with van der Waals surface area (Å²) in [6.45, 7) is 0. The van der Waals surface area contributed by atoms with Crippen molar-refractivity contribution in [3.63, 3.8) is 0 Å². The van der Waals surface area contributed by atoms with E-state index in [1.165, 1.54) is 35.6 Å². The van der Waals surface area contributed by atoms with Crippen LogP contribution in [0.2, 0.25) is 0 Å². The van der Waals surface area contributed by atoms with Crippen LogP contribution in [0.5, 0.6) is 0 Å². The lowest BCUT2D eigenvalue weighted by atomic mass is 10.2. The third-order valence-corrected chi connectivity index (χ3v) is 4.12. The minimum Gasteiger partial charge on any atom is -0.261 e. The number of rotatable bonds is 3. The van der Waals surface area contributed by atoms with Crippen molar-refractivity contribution >= 4 is 17.6 Å². The third kappa shape index (κ3) is 3.43. The molecule has 0 amide bonds. The standard InChI is InChI=1S/C17H13F2N3S/c1-20-17-22(21-10-12-2-6-14(18)7-3-12)16(11-23-17)13-4-8-15(19)9-5-13/h2-11H,1H3/b20-17?,21-10+. The molecule has 0 N–H and O–H groups in total. The first-order chi connectivity index (χ1) is 11.2. The first-order valence-corrected chi connectivity index (χ1v) is 7.74. The molecule has 3 aromatic rings. The van der Waals surface area contributed by atoms with E-state index in [4.69, 9.17) is 0 Å². The highest BCUT2D eigenvalue weighted by atomic mass is 32.1. The first kappa shape index (κ1) is 15.3. The van der Waals surface area contributed by atoms with Crippen molar-refractivity contribution in [1.29, 1.82) is 0 Å². The molecular formula is C17H13F2N3S. The number of benzene rings is 2. The Morgan fingerprint density at radius 2 is 1.57 bits per heavy atom. The van der Waals surface area contributed by atoms with Crippen molar-refractivity contribution < 1.29 is 8.78 Å². The largest absolute Gasteiger partial charge is 0.261 e. The average molecular weight is 329 g/mol. The Balaban J connectivity index is 2.02. The number of halogens is 2. The normalized spacial score (nSPS) is 12.2. The zero-order valence-corrected chi connectivity index (χ0v) is 13.1. The predicted molar refractivity (Wildman–Crippen MR) is 88.6 cm³/mol. The zero-order chi connectivity index (χ0) is 16.2. The average Bonchev–Trinajstić information content (AvgIpc) is 2.98. The number of thiazole rings is 1. The quantitative estimate of drug-likeness (QED) is 0.652. The highest BCUT2D eigenvalue weighted by molar-refractivity contribution is 7.07. The van der Waals surface area contributed by atoms with Gasteiger partial charge in [0.05, 0.1) is 11.9 Å². The van der Waals surface area contributed by atoms with Crippen LogP contribution in [0.3, 0.4) is 0 Å². The monoisotopic (exact) mass is 329 g/mol. The van der Waals surface area contributed by atoms with E-state index in [9.17, 15) is 8.78 Å². The van der Waals surface area contributed by atoms with Gasteiger partial charge >= 0.3 is 0 Å². The molecule has 0 bridgehead atoms. The van der Waals surface area contributed by atoms with E-state index in [0.29, 0.717) is 4.80 Å². The Morgan fingerprint density at radius 3 is 2.17 bits per heavy atom. The molecule has 0 spiro atoms. The minimum absolute atomic E-state index is 0.286. The van der Waals surface area contributed by atoms with Gasteiger partial charge in [-0.25, -0.2) is 13.5 Å². The van der Waals surface area contributed by atoms with Crippen LogP contribution in [0.25, 0.3) is 11.3 Å². The highest BCUT2D eigenvalue weighted by Gasteiger charge is 2.07. The molecule has 3 nitrogen and oxygen atoms in total. The van der Waals surface area contributed by atoms with E-state index in [1.807, 2.05) is 5.38 Å². The van der Waals surface area contributed by atoms with Crippen molar-refractivity contribution in [3.8, 4) is 11.3 Å². The maximum absolute atomic E-state index is 13.1. The van der Waals surface area contributed by atoms with Gasteiger partial charge < -0.3 is 0 Å². The van der Waals surface area contributed by atoms with Gasteiger partial charge in [-0.2, -0.15) is 5.10 Å². The summed E-state index contributed by atoms with van der Waals surface area (Å²) in [6.07, 6.45) is 1.63. The van der Waals surface area contributed by atoms with Gasteiger partial charge in [0.25, 0.3) is 0 Å². The minimum atomic E-state index is -0.290. The molecule has 2 aromatic carbocycles. The molecule has 0 unspecified atom stereocenters. The van der Waals surface area contributed by atoms with E-state index in [2.05, 4.69) is 10.1 Å². The predicted octanol–water partition coefficient (Wildman–Crippen LogP) is 3.91. The lowest BCUT2D eigenvalue weighted by molar-refractivity contribution is 0.627. The molecule has 6 heteroatoms. The van der Waals surface area contributed by atoms with Crippen molar-refractivity contribution in [2.45, 2.75) is 0 Å². The van der Waals surface area contributed by atoms with E-state index >= 15 is 0 Å². The summed E-state index contributed by atoms with van der Waals surface area (Å²) in [7, 11) is 1.68. The van der Waals surface area contributed by atoms with Crippen LogP contribution in [-0.2, 0) is 0 Å². The molecule has 0 aliphatic rings. The van der Waals surface area contributed by atoms with Gasteiger partial charge in [0.15, 0.2) is 0 Å². The molecule has 0 radical (unpaired) electrons. The summed E-state index contributed by atoms with van der Waals surface area (Å²) >= 11 is 1.44. The van der Waals surface area contributed by atoms with Crippen molar-refractivity contribution in [2.75, 3.05) is 7.05 Å². The zero-order valence-electron chi connectivity index (χ0n) is 12.3. The number of nitrogens with zero attached hydrogens (tertiary/aromatic N) is 3. The molecule has 0 atom stereocenters. The summed E-state index contributed by atoms with van der Waals surface area (Å²) in [5.74, 6) is -0.577. The molecule has 0 aliphatic carbocycles. The molecule has 0 saturated carbocycles. The fourth-order valence-electron chi connectivity index (χ4n) is 2.05. The summed E-state index contributed by atoms with van der Waals surface area (Å²) in [5.41, 5.74) is 2.43. The van der Waals surface area contributed by atoms with Gasteiger partial charge in [-0.05, 0) is 42.0 Å². The molecule has 0 aliphatic heterocycles. The second kappa shape index (κ2) is 6.66. The first-order valence-electron chi connectivity index (χ1n) is 6.86. The summed E-state index contributed by atoms with van der Waals surface area (Å²) in [5, 5.41) is 6.34. The van der Waals surface area contributed by atoms with Gasteiger partial charge in [0.1, 0.15) is 11.6 Å². The lowest BCUT2D eigenvalue weighted by Gasteiger charge is -2.03. The second-order valence-electron chi connectivity index (χ2n) is 4.74. The van der Waals surface area contributed by atoms with E-state index in [1.54, 1.807) is 42.2 Å². The summed E-state index contributed by atoms with van der Waals surface area (Å²) in [6, 6.07) is 12.3. The number of hydrogen-bond acceptors (Lipinski definition) is 3. The van der Waals surface area contributed by atoms with Crippen LogP contribution < -0.4 is 4.80 Å². The Morgan fingerprint density at radius 1 is 0.957 bits per heavy atom. The SMILES string of the molecule is CN=c1scc(-c2ccc(F)cc2)n1/N=C/c1ccc(F)cc1. The maximum Gasteiger partial charge on any atom is 0.205 e. The van der Waals surface area contributed by atoms with Crippen molar-refractivity contribution in [3.05, 3.63) is 75.9 Å². The summed E-state index contributed by atoms with van der Waals surface area (Å²) in [4.78, 5) is 4.91. The van der Waals surface area contributed by atoms with E-state index < -0.39 is 0 Å². The molecular weight excluding hydrogens is 316 g/mol. The highest BCUT2D eigenvalue weighted by Crippen LogP contribution is 2.20. The van der Waals surface area contributed by atoms with Gasteiger partial charge in [0, 0.05) is 18.0 Å². The lowest BCUT2D eigenvalue weighted by Crippen LogP contribution is -2.11. The van der Waals surface area contributed by atoms with Crippen LogP contribution in [0.15, 0.2) is 64.0 Å².